The maximum absolute atomic E-state index is 13.1. The van der Waals surface area contributed by atoms with E-state index >= 15 is 0 Å². The van der Waals surface area contributed by atoms with Crippen LogP contribution in [0.2, 0.25) is 0 Å². The Bertz CT molecular complexity index is 1080. The first-order valence-electron chi connectivity index (χ1n) is 9.78. The van der Waals surface area contributed by atoms with E-state index in [0.717, 1.165) is 24.9 Å². The minimum absolute atomic E-state index is 0.0988. The molecule has 2 aromatic carbocycles. The average Bonchev–Trinajstić information content (AvgIpc) is 2.80. The highest BCUT2D eigenvalue weighted by molar-refractivity contribution is 5.94. The van der Waals surface area contributed by atoms with Gasteiger partial charge in [-0.2, -0.15) is 5.26 Å². The van der Waals surface area contributed by atoms with Crippen molar-refractivity contribution in [1.82, 2.24) is 10.2 Å². The molecule has 4 rings (SSSR count). The number of nitrogens with one attached hydrogen (secondary N) is 1. The van der Waals surface area contributed by atoms with Crippen molar-refractivity contribution in [2.45, 2.75) is 12.8 Å². The number of benzene rings is 2. The second-order valence-corrected chi connectivity index (χ2v) is 7.22. The largest absolute Gasteiger partial charge is 0.354 e. The second kappa shape index (κ2) is 8.70. The van der Waals surface area contributed by atoms with Gasteiger partial charge in [0.1, 0.15) is 11.9 Å². The summed E-state index contributed by atoms with van der Waals surface area (Å²) in [5, 5.41) is 20.7. The Labute approximate surface area is 174 Å². The lowest BCUT2D eigenvalue weighted by molar-refractivity contribution is -0.120. The molecule has 1 aliphatic heterocycles. The SMILES string of the molecule is N#Cc1ccccc1NC(=O)C1CCCN(c2ccc(-c3ccc(F)cc3)nn2)C1. The van der Waals surface area contributed by atoms with E-state index in [2.05, 4.69) is 21.6 Å². The van der Waals surface area contributed by atoms with E-state index in [9.17, 15) is 14.4 Å². The zero-order valence-corrected chi connectivity index (χ0v) is 16.3. The molecule has 0 radical (unpaired) electrons. The molecule has 7 heteroatoms. The third-order valence-electron chi connectivity index (χ3n) is 5.21. The number of para-hydroxylation sites is 1. The van der Waals surface area contributed by atoms with E-state index in [1.165, 1.54) is 12.1 Å². The molecule has 3 aromatic rings. The van der Waals surface area contributed by atoms with E-state index in [0.29, 0.717) is 29.3 Å². The predicted octanol–water partition coefficient (Wildman–Crippen LogP) is 4.01. The minimum atomic E-state index is -0.293. The Morgan fingerprint density at radius 2 is 1.90 bits per heavy atom. The molecule has 1 fully saturated rings. The molecule has 1 saturated heterocycles. The zero-order valence-electron chi connectivity index (χ0n) is 16.3. The van der Waals surface area contributed by atoms with Crippen LogP contribution in [0.3, 0.4) is 0 Å². The molecule has 30 heavy (non-hydrogen) atoms. The summed E-state index contributed by atoms with van der Waals surface area (Å²) in [5.41, 5.74) is 2.44. The van der Waals surface area contributed by atoms with Gasteiger partial charge in [-0.25, -0.2) is 4.39 Å². The van der Waals surface area contributed by atoms with Crippen LogP contribution in [0.15, 0.2) is 60.7 Å². The average molecular weight is 401 g/mol. The van der Waals surface area contributed by atoms with Gasteiger partial charge in [0.05, 0.1) is 22.9 Å². The van der Waals surface area contributed by atoms with Crippen LogP contribution in [0.4, 0.5) is 15.9 Å². The van der Waals surface area contributed by atoms with Crippen LogP contribution >= 0.6 is 0 Å². The Kier molecular flexibility index (Phi) is 5.66. The van der Waals surface area contributed by atoms with Crippen LogP contribution < -0.4 is 10.2 Å². The molecule has 6 nitrogen and oxygen atoms in total. The van der Waals surface area contributed by atoms with Gasteiger partial charge < -0.3 is 10.2 Å². The van der Waals surface area contributed by atoms with Gasteiger partial charge in [0.25, 0.3) is 0 Å². The van der Waals surface area contributed by atoms with Crippen LogP contribution in [0.1, 0.15) is 18.4 Å². The number of nitriles is 1. The van der Waals surface area contributed by atoms with Crippen molar-refractivity contribution in [2.75, 3.05) is 23.3 Å². The lowest BCUT2D eigenvalue weighted by Gasteiger charge is -2.32. The van der Waals surface area contributed by atoms with E-state index in [1.807, 2.05) is 17.0 Å². The van der Waals surface area contributed by atoms with Gasteiger partial charge in [-0.1, -0.05) is 12.1 Å². The molecular weight excluding hydrogens is 381 g/mol. The molecule has 2 heterocycles. The molecule has 150 valence electrons. The number of piperidine rings is 1. The van der Waals surface area contributed by atoms with Gasteiger partial charge in [0.15, 0.2) is 5.82 Å². The van der Waals surface area contributed by atoms with Gasteiger partial charge >= 0.3 is 0 Å². The van der Waals surface area contributed by atoms with Crippen LogP contribution in [-0.4, -0.2) is 29.2 Å². The molecule has 1 N–H and O–H groups in total. The lowest BCUT2D eigenvalue weighted by Crippen LogP contribution is -2.41. The lowest BCUT2D eigenvalue weighted by atomic mass is 9.97. The third kappa shape index (κ3) is 4.28. The highest BCUT2D eigenvalue weighted by Crippen LogP contribution is 2.25. The van der Waals surface area contributed by atoms with Crippen LogP contribution in [-0.2, 0) is 4.79 Å². The van der Waals surface area contributed by atoms with Gasteiger partial charge in [0.2, 0.25) is 5.91 Å². The number of rotatable bonds is 4. The topological polar surface area (TPSA) is 81.9 Å². The van der Waals surface area contributed by atoms with Crippen molar-refractivity contribution < 1.29 is 9.18 Å². The van der Waals surface area contributed by atoms with Crippen LogP contribution in [0.25, 0.3) is 11.3 Å². The number of amides is 1. The minimum Gasteiger partial charge on any atom is -0.354 e. The number of nitrogens with zero attached hydrogens (tertiary/aromatic N) is 4. The maximum atomic E-state index is 13.1. The van der Waals surface area contributed by atoms with Crippen molar-refractivity contribution in [1.29, 1.82) is 5.26 Å². The van der Waals surface area contributed by atoms with Crippen molar-refractivity contribution >= 4 is 17.4 Å². The molecule has 1 atom stereocenters. The number of aromatic nitrogens is 2. The maximum Gasteiger partial charge on any atom is 0.229 e. The highest BCUT2D eigenvalue weighted by Gasteiger charge is 2.27. The van der Waals surface area contributed by atoms with Gasteiger partial charge in [-0.3, -0.25) is 4.79 Å². The van der Waals surface area contributed by atoms with Crippen molar-refractivity contribution in [3.63, 3.8) is 0 Å². The Hall–Kier alpha value is -3.79. The first-order valence-corrected chi connectivity index (χ1v) is 9.78. The molecule has 0 saturated carbocycles. The standard InChI is InChI=1S/C23H20FN5O/c24-19-9-7-16(8-10-19)21-11-12-22(28-27-21)29-13-3-5-18(15-29)23(30)26-20-6-2-1-4-17(20)14-25/h1-2,4,6-12,18H,3,5,13,15H2,(H,26,30). The molecule has 0 aliphatic carbocycles. The molecule has 1 unspecified atom stereocenters. The molecule has 1 aliphatic rings. The van der Waals surface area contributed by atoms with Gasteiger partial charge in [-0.05, 0) is 61.4 Å². The summed E-state index contributed by atoms with van der Waals surface area (Å²) in [6, 6.07) is 18.9. The van der Waals surface area contributed by atoms with E-state index in [-0.39, 0.29) is 17.6 Å². The molecule has 0 spiro atoms. The summed E-state index contributed by atoms with van der Waals surface area (Å²) in [6.07, 6.45) is 1.64. The predicted molar refractivity (Wildman–Crippen MR) is 112 cm³/mol. The molecule has 1 aromatic heterocycles. The quantitative estimate of drug-likeness (QED) is 0.714. The number of hydrogen-bond acceptors (Lipinski definition) is 5. The van der Waals surface area contributed by atoms with E-state index in [4.69, 9.17) is 0 Å². The summed E-state index contributed by atoms with van der Waals surface area (Å²) in [6.45, 7) is 1.33. The Morgan fingerprint density at radius 3 is 2.63 bits per heavy atom. The van der Waals surface area contributed by atoms with Crippen LogP contribution in [0, 0.1) is 23.1 Å². The normalized spacial score (nSPS) is 16.0. The summed E-state index contributed by atoms with van der Waals surface area (Å²) in [4.78, 5) is 14.8. The van der Waals surface area contributed by atoms with Gasteiger partial charge in [0, 0.05) is 18.7 Å². The van der Waals surface area contributed by atoms with Crippen LogP contribution in [0.5, 0.6) is 0 Å². The fraction of sp³-hybridized carbons (Fsp3) is 0.217. The number of halogens is 1. The number of carbonyl (C=O) groups excluding carboxylic acids is 1. The third-order valence-corrected chi connectivity index (χ3v) is 5.21. The molecular formula is C23H20FN5O. The summed E-state index contributed by atoms with van der Waals surface area (Å²) >= 11 is 0. The smallest absolute Gasteiger partial charge is 0.229 e. The number of carbonyl (C=O) groups is 1. The van der Waals surface area contributed by atoms with E-state index < -0.39 is 0 Å². The summed E-state index contributed by atoms with van der Waals surface area (Å²) < 4.78 is 13.1. The molecule has 1 amide bonds. The van der Waals surface area contributed by atoms with Crippen molar-refractivity contribution in [2.24, 2.45) is 5.92 Å². The fourth-order valence-electron chi connectivity index (χ4n) is 3.59. The first-order chi connectivity index (χ1) is 14.6. The first kappa shape index (κ1) is 19.5. The summed E-state index contributed by atoms with van der Waals surface area (Å²) in [7, 11) is 0. The van der Waals surface area contributed by atoms with Gasteiger partial charge in [-0.15, -0.1) is 10.2 Å². The second-order valence-electron chi connectivity index (χ2n) is 7.22. The monoisotopic (exact) mass is 401 g/mol. The highest BCUT2D eigenvalue weighted by atomic mass is 19.1. The number of anilines is 2. The van der Waals surface area contributed by atoms with Crippen molar-refractivity contribution in [3.05, 3.63) is 72.0 Å². The zero-order chi connectivity index (χ0) is 20.9. The van der Waals surface area contributed by atoms with Crippen molar-refractivity contribution in [3.8, 4) is 17.3 Å². The van der Waals surface area contributed by atoms with E-state index in [1.54, 1.807) is 36.4 Å². The Morgan fingerprint density at radius 1 is 1.10 bits per heavy atom. The summed E-state index contributed by atoms with van der Waals surface area (Å²) in [5.74, 6) is 0.108. The Balaban J connectivity index is 1.44. The fourth-order valence-corrected chi connectivity index (χ4v) is 3.59. The number of hydrogen-bond donors (Lipinski definition) is 1. The molecule has 0 bridgehead atoms.